The molecule has 0 aromatic heterocycles. The number of benzene rings is 2. The van der Waals surface area contributed by atoms with E-state index in [1.54, 1.807) is 13.2 Å². The molecule has 0 bridgehead atoms. The summed E-state index contributed by atoms with van der Waals surface area (Å²) in [5.74, 6) is -0.315. The van der Waals surface area contributed by atoms with Gasteiger partial charge in [-0.1, -0.05) is 30.3 Å². The highest BCUT2D eigenvalue weighted by atomic mass is 16.6. The first-order valence-corrected chi connectivity index (χ1v) is 5.89. The number of methoxy groups -OCH3 is 1. The number of ether oxygens (including phenoxy) is 2. The maximum Gasteiger partial charge on any atom is 0.338 e. The van der Waals surface area contributed by atoms with Crippen LogP contribution in [0.15, 0.2) is 42.5 Å². The van der Waals surface area contributed by atoms with Crippen LogP contribution in [0.25, 0.3) is 10.8 Å². The molecule has 1 atom stereocenters. The van der Waals surface area contributed by atoms with Gasteiger partial charge in [-0.25, -0.2) is 4.79 Å². The third-order valence-corrected chi connectivity index (χ3v) is 2.84. The van der Waals surface area contributed by atoms with E-state index in [9.17, 15) is 4.79 Å². The fourth-order valence-electron chi connectivity index (χ4n) is 1.66. The van der Waals surface area contributed by atoms with Crippen molar-refractivity contribution < 1.29 is 14.3 Å². The first kappa shape index (κ1) is 12.6. The minimum atomic E-state index is -0.315. The molecule has 3 heteroatoms. The van der Waals surface area contributed by atoms with Crippen molar-refractivity contribution in [2.75, 3.05) is 13.7 Å². The van der Waals surface area contributed by atoms with E-state index in [1.165, 1.54) is 0 Å². The van der Waals surface area contributed by atoms with Crippen LogP contribution in [-0.2, 0) is 9.47 Å². The zero-order valence-corrected chi connectivity index (χ0v) is 10.6. The minimum absolute atomic E-state index is 0.0885. The standard InChI is InChI=1S/C15H16O3/c1-11(17-2)10-18-15(16)14-8-7-12-5-3-4-6-13(12)9-14/h3-9,11H,10H2,1-2H3. The highest BCUT2D eigenvalue weighted by Gasteiger charge is 2.09. The third-order valence-electron chi connectivity index (χ3n) is 2.84. The molecule has 0 fully saturated rings. The second kappa shape index (κ2) is 5.65. The molecule has 2 rings (SSSR count). The summed E-state index contributed by atoms with van der Waals surface area (Å²) in [5, 5.41) is 2.14. The number of rotatable bonds is 4. The van der Waals surface area contributed by atoms with Crippen molar-refractivity contribution >= 4 is 16.7 Å². The summed E-state index contributed by atoms with van der Waals surface area (Å²) in [6, 6.07) is 13.5. The molecule has 0 saturated carbocycles. The Bertz CT molecular complexity index is 548. The van der Waals surface area contributed by atoms with Crippen molar-refractivity contribution in [2.24, 2.45) is 0 Å². The summed E-state index contributed by atoms with van der Waals surface area (Å²) in [6.45, 7) is 2.12. The second-order valence-electron chi connectivity index (χ2n) is 4.21. The Morgan fingerprint density at radius 2 is 1.89 bits per heavy atom. The lowest BCUT2D eigenvalue weighted by Crippen LogP contribution is -2.17. The lowest BCUT2D eigenvalue weighted by atomic mass is 10.1. The van der Waals surface area contributed by atoms with Crippen LogP contribution < -0.4 is 0 Å². The number of esters is 1. The van der Waals surface area contributed by atoms with E-state index in [2.05, 4.69) is 0 Å². The van der Waals surface area contributed by atoms with Crippen LogP contribution in [0.4, 0.5) is 0 Å². The number of fused-ring (bicyclic) bond motifs is 1. The topological polar surface area (TPSA) is 35.5 Å². The molecule has 0 amide bonds. The fraction of sp³-hybridized carbons (Fsp3) is 0.267. The SMILES string of the molecule is COC(C)COC(=O)c1ccc2ccccc2c1. The molecule has 18 heavy (non-hydrogen) atoms. The van der Waals surface area contributed by atoms with Crippen LogP contribution in [0, 0.1) is 0 Å². The average molecular weight is 244 g/mol. The molecule has 1 unspecified atom stereocenters. The molecule has 94 valence electrons. The number of carbonyl (C=O) groups excluding carboxylic acids is 1. The van der Waals surface area contributed by atoms with Gasteiger partial charge in [-0.3, -0.25) is 0 Å². The Balaban J connectivity index is 2.13. The van der Waals surface area contributed by atoms with Gasteiger partial charge in [-0.05, 0) is 29.8 Å². The summed E-state index contributed by atoms with van der Waals surface area (Å²) >= 11 is 0. The predicted molar refractivity (Wildman–Crippen MR) is 70.7 cm³/mol. The van der Waals surface area contributed by atoms with Crippen molar-refractivity contribution in [3.05, 3.63) is 48.0 Å². The summed E-state index contributed by atoms with van der Waals surface area (Å²) in [7, 11) is 1.59. The summed E-state index contributed by atoms with van der Waals surface area (Å²) in [5.41, 5.74) is 0.567. The van der Waals surface area contributed by atoms with Gasteiger partial charge in [0.05, 0.1) is 11.7 Å². The molecule has 0 spiro atoms. The van der Waals surface area contributed by atoms with E-state index in [1.807, 2.05) is 43.3 Å². The molecule has 0 aliphatic heterocycles. The van der Waals surface area contributed by atoms with Crippen LogP contribution >= 0.6 is 0 Å². The molecule has 0 aliphatic carbocycles. The van der Waals surface area contributed by atoms with Gasteiger partial charge in [-0.15, -0.1) is 0 Å². The van der Waals surface area contributed by atoms with E-state index in [0.717, 1.165) is 10.8 Å². The van der Waals surface area contributed by atoms with E-state index in [-0.39, 0.29) is 18.7 Å². The van der Waals surface area contributed by atoms with E-state index >= 15 is 0 Å². The monoisotopic (exact) mass is 244 g/mol. The Morgan fingerprint density at radius 1 is 1.17 bits per heavy atom. The maximum absolute atomic E-state index is 11.8. The lowest BCUT2D eigenvalue weighted by molar-refractivity contribution is 0.0169. The summed E-state index contributed by atoms with van der Waals surface area (Å²) in [6.07, 6.45) is -0.0885. The maximum atomic E-state index is 11.8. The van der Waals surface area contributed by atoms with Crippen molar-refractivity contribution in [1.82, 2.24) is 0 Å². The van der Waals surface area contributed by atoms with Gasteiger partial charge in [-0.2, -0.15) is 0 Å². The molecule has 0 radical (unpaired) electrons. The van der Waals surface area contributed by atoms with E-state index < -0.39 is 0 Å². The van der Waals surface area contributed by atoms with Crippen LogP contribution in [0.2, 0.25) is 0 Å². The van der Waals surface area contributed by atoms with Crippen molar-refractivity contribution in [2.45, 2.75) is 13.0 Å². The van der Waals surface area contributed by atoms with Crippen molar-refractivity contribution in [3.63, 3.8) is 0 Å². The molecule has 2 aromatic carbocycles. The number of carbonyl (C=O) groups is 1. The number of hydrogen-bond donors (Lipinski definition) is 0. The molecule has 0 aliphatic rings. The highest BCUT2D eigenvalue weighted by molar-refractivity contribution is 5.95. The van der Waals surface area contributed by atoms with Crippen molar-refractivity contribution in [3.8, 4) is 0 Å². The lowest BCUT2D eigenvalue weighted by Gasteiger charge is -2.10. The van der Waals surface area contributed by atoms with E-state index in [0.29, 0.717) is 5.56 Å². The van der Waals surface area contributed by atoms with Gasteiger partial charge >= 0.3 is 5.97 Å². The Labute approximate surface area is 106 Å². The molecule has 0 heterocycles. The Kier molecular flexibility index (Phi) is 3.95. The highest BCUT2D eigenvalue weighted by Crippen LogP contribution is 2.16. The fourth-order valence-corrected chi connectivity index (χ4v) is 1.66. The van der Waals surface area contributed by atoms with Crippen LogP contribution in [0.3, 0.4) is 0 Å². The molecular formula is C15H16O3. The van der Waals surface area contributed by atoms with Crippen LogP contribution in [-0.4, -0.2) is 25.8 Å². The molecule has 0 saturated heterocycles. The first-order valence-electron chi connectivity index (χ1n) is 5.89. The van der Waals surface area contributed by atoms with Gasteiger partial charge in [0.2, 0.25) is 0 Å². The van der Waals surface area contributed by atoms with Gasteiger partial charge < -0.3 is 9.47 Å². The molecule has 2 aromatic rings. The van der Waals surface area contributed by atoms with E-state index in [4.69, 9.17) is 9.47 Å². The zero-order chi connectivity index (χ0) is 13.0. The van der Waals surface area contributed by atoms with Crippen LogP contribution in [0.1, 0.15) is 17.3 Å². The smallest absolute Gasteiger partial charge is 0.338 e. The molecular weight excluding hydrogens is 228 g/mol. The Hall–Kier alpha value is -1.87. The van der Waals surface area contributed by atoms with Gasteiger partial charge in [0.15, 0.2) is 0 Å². The van der Waals surface area contributed by atoms with Gasteiger partial charge in [0.25, 0.3) is 0 Å². The zero-order valence-electron chi connectivity index (χ0n) is 10.6. The minimum Gasteiger partial charge on any atom is -0.459 e. The molecule has 3 nitrogen and oxygen atoms in total. The van der Waals surface area contributed by atoms with Crippen molar-refractivity contribution in [1.29, 1.82) is 0 Å². The van der Waals surface area contributed by atoms with Gasteiger partial charge in [0.1, 0.15) is 6.61 Å². The average Bonchev–Trinajstić information content (AvgIpc) is 2.43. The summed E-state index contributed by atoms with van der Waals surface area (Å²) < 4.78 is 10.2. The first-order chi connectivity index (χ1) is 8.70. The predicted octanol–water partition coefficient (Wildman–Crippen LogP) is 3.03. The molecule has 0 N–H and O–H groups in total. The number of hydrogen-bond acceptors (Lipinski definition) is 3. The second-order valence-corrected chi connectivity index (χ2v) is 4.21. The van der Waals surface area contributed by atoms with Crippen LogP contribution in [0.5, 0.6) is 0 Å². The quantitative estimate of drug-likeness (QED) is 0.775. The Morgan fingerprint density at radius 3 is 2.61 bits per heavy atom. The largest absolute Gasteiger partial charge is 0.459 e. The van der Waals surface area contributed by atoms with Gasteiger partial charge in [0, 0.05) is 7.11 Å². The summed E-state index contributed by atoms with van der Waals surface area (Å²) in [4.78, 5) is 11.8. The normalized spacial score (nSPS) is 12.3. The third kappa shape index (κ3) is 2.87.